The number of nitrogens with zero attached hydrogens (tertiary/aromatic N) is 1. The number of fused-ring (bicyclic) bond motifs is 2. The van der Waals surface area contributed by atoms with Gasteiger partial charge in [0.15, 0.2) is 0 Å². The first-order valence-electron chi connectivity index (χ1n) is 7.09. The minimum atomic E-state index is 0. The van der Waals surface area contributed by atoms with Gasteiger partial charge in [-0.15, -0.1) is 29.1 Å². The molecule has 0 radical (unpaired) electrons. The number of aryl methyl sites for hydroxylation is 1. The third-order valence-electron chi connectivity index (χ3n) is 3.90. The molecule has 0 saturated carbocycles. The molecule has 2 heteroatoms. The Bertz CT molecular complexity index is 955. The molecule has 110 valence electrons. The first-order valence-corrected chi connectivity index (χ1v) is 7.09. The average molecular weight is 463 g/mol. The Morgan fingerprint density at radius 3 is 2.45 bits per heavy atom. The molecule has 0 spiro atoms. The van der Waals surface area contributed by atoms with Crippen molar-refractivity contribution in [3.63, 3.8) is 0 Å². The zero-order chi connectivity index (χ0) is 14.2. The van der Waals surface area contributed by atoms with E-state index < -0.39 is 0 Å². The molecule has 0 saturated heterocycles. The van der Waals surface area contributed by atoms with Crippen LogP contribution in [0.5, 0.6) is 0 Å². The second kappa shape index (κ2) is 6.02. The Hall–Kier alpha value is -1.98. The second-order valence-corrected chi connectivity index (χ2v) is 5.28. The van der Waals surface area contributed by atoms with Gasteiger partial charge in [-0.1, -0.05) is 53.9 Å². The van der Waals surface area contributed by atoms with Crippen LogP contribution >= 0.6 is 0 Å². The predicted octanol–water partition coefficient (Wildman–Crippen LogP) is 5.16. The van der Waals surface area contributed by atoms with Crippen LogP contribution in [0, 0.1) is 13.0 Å². The topological polar surface area (TPSA) is 12.9 Å². The molecular formula is C20H14NPt-. The fourth-order valence-electron chi connectivity index (χ4n) is 2.85. The van der Waals surface area contributed by atoms with Crippen LogP contribution in [0.15, 0.2) is 66.7 Å². The fraction of sp³-hybridized carbons (Fsp3) is 0.0500. The van der Waals surface area contributed by atoms with E-state index in [4.69, 9.17) is 4.98 Å². The summed E-state index contributed by atoms with van der Waals surface area (Å²) < 4.78 is 0. The Labute approximate surface area is 144 Å². The molecule has 1 aromatic heterocycles. The summed E-state index contributed by atoms with van der Waals surface area (Å²) in [6.07, 6.45) is 0. The molecule has 0 unspecified atom stereocenters. The molecule has 0 aliphatic rings. The number of hydrogen-bond acceptors (Lipinski definition) is 1. The molecule has 22 heavy (non-hydrogen) atoms. The van der Waals surface area contributed by atoms with Gasteiger partial charge in [-0.05, 0) is 24.2 Å². The summed E-state index contributed by atoms with van der Waals surface area (Å²) in [4.78, 5) is 4.83. The zero-order valence-electron chi connectivity index (χ0n) is 12.1. The van der Waals surface area contributed by atoms with Crippen molar-refractivity contribution in [2.24, 2.45) is 0 Å². The van der Waals surface area contributed by atoms with Crippen LogP contribution in [0.25, 0.3) is 32.9 Å². The van der Waals surface area contributed by atoms with E-state index >= 15 is 0 Å². The van der Waals surface area contributed by atoms with Crippen molar-refractivity contribution in [3.05, 3.63) is 78.4 Å². The summed E-state index contributed by atoms with van der Waals surface area (Å²) in [7, 11) is 0. The summed E-state index contributed by atoms with van der Waals surface area (Å²) in [6, 6.07) is 26.2. The largest absolute Gasteiger partial charge is 0.296 e. The van der Waals surface area contributed by atoms with Gasteiger partial charge >= 0.3 is 0 Å². The summed E-state index contributed by atoms with van der Waals surface area (Å²) in [5.74, 6) is 0. The van der Waals surface area contributed by atoms with Crippen molar-refractivity contribution in [2.45, 2.75) is 6.92 Å². The molecule has 4 aromatic rings. The van der Waals surface area contributed by atoms with E-state index in [1.54, 1.807) is 0 Å². The number of rotatable bonds is 1. The van der Waals surface area contributed by atoms with Gasteiger partial charge in [0.25, 0.3) is 0 Å². The molecule has 0 amide bonds. The second-order valence-electron chi connectivity index (χ2n) is 5.28. The molecular weight excluding hydrogens is 449 g/mol. The van der Waals surface area contributed by atoms with Crippen LogP contribution in [0.2, 0.25) is 0 Å². The summed E-state index contributed by atoms with van der Waals surface area (Å²) >= 11 is 0. The fourth-order valence-corrected chi connectivity index (χ4v) is 2.85. The minimum absolute atomic E-state index is 0. The minimum Gasteiger partial charge on any atom is -0.296 e. The molecule has 1 nitrogen and oxygen atoms in total. The van der Waals surface area contributed by atoms with E-state index in [1.807, 2.05) is 12.1 Å². The molecule has 4 rings (SSSR count). The average Bonchev–Trinajstić information content (AvgIpc) is 2.54. The maximum Gasteiger partial charge on any atom is 0.0597 e. The molecule has 0 atom stereocenters. The van der Waals surface area contributed by atoms with Crippen molar-refractivity contribution in [1.29, 1.82) is 0 Å². The smallest absolute Gasteiger partial charge is 0.0597 e. The molecule has 0 N–H and O–H groups in total. The molecule has 0 fully saturated rings. The maximum atomic E-state index is 4.83. The molecule has 0 aliphatic heterocycles. The van der Waals surface area contributed by atoms with Crippen molar-refractivity contribution < 1.29 is 21.1 Å². The van der Waals surface area contributed by atoms with Crippen molar-refractivity contribution in [2.75, 3.05) is 0 Å². The first kappa shape index (κ1) is 14.9. The monoisotopic (exact) mass is 463 g/mol. The van der Waals surface area contributed by atoms with Gasteiger partial charge in [-0.2, -0.15) is 0 Å². The van der Waals surface area contributed by atoms with E-state index in [0.717, 1.165) is 16.8 Å². The van der Waals surface area contributed by atoms with Gasteiger partial charge in [0, 0.05) is 26.5 Å². The van der Waals surface area contributed by atoms with Crippen molar-refractivity contribution in [3.8, 4) is 11.3 Å². The Morgan fingerprint density at radius 1 is 0.864 bits per heavy atom. The maximum absolute atomic E-state index is 4.83. The van der Waals surface area contributed by atoms with Gasteiger partial charge in [0.05, 0.1) is 5.52 Å². The van der Waals surface area contributed by atoms with E-state index in [1.165, 1.54) is 21.7 Å². The Balaban J connectivity index is 0.00000144. The zero-order valence-corrected chi connectivity index (χ0v) is 14.4. The van der Waals surface area contributed by atoms with Gasteiger partial charge in [-0.3, -0.25) is 4.98 Å². The SMILES string of the molecule is Cc1cc(-c2[c-]ccc3ccccc23)nc2ccccc12.[Pt]. The first-order chi connectivity index (χ1) is 10.3. The van der Waals surface area contributed by atoms with E-state index in [9.17, 15) is 0 Å². The van der Waals surface area contributed by atoms with E-state index in [-0.39, 0.29) is 21.1 Å². The summed E-state index contributed by atoms with van der Waals surface area (Å²) in [5, 5.41) is 3.63. The standard InChI is InChI=1S/C20H14N.Pt/c1-14-13-20(21-19-12-5-4-9-16(14)19)18-11-6-8-15-7-2-3-10-17(15)18;/h2-10,12-13H,1H3;/q-1;. The number of benzene rings is 3. The summed E-state index contributed by atoms with van der Waals surface area (Å²) in [6.45, 7) is 2.14. The summed E-state index contributed by atoms with van der Waals surface area (Å²) in [5.41, 5.74) is 4.34. The number of para-hydroxylation sites is 1. The van der Waals surface area contributed by atoms with Gasteiger partial charge < -0.3 is 0 Å². The van der Waals surface area contributed by atoms with Crippen LogP contribution in [-0.2, 0) is 21.1 Å². The van der Waals surface area contributed by atoms with Gasteiger partial charge in [-0.25, -0.2) is 0 Å². The third kappa shape index (κ3) is 2.46. The Morgan fingerprint density at radius 2 is 1.59 bits per heavy atom. The van der Waals surface area contributed by atoms with Crippen molar-refractivity contribution >= 4 is 21.7 Å². The quantitative estimate of drug-likeness (QED) is 0.356. The van der Waals surface area contributed by atoms with Crippen LogP contribution in [-0.4, -0.2) is 4.98 Å². The number of aromatic nitrogens is 1. The molecule has 3 aromatic carbocycles. The Kier molecular flexibility index (Phi) is 4.09. The molecule has 1 heterocycles. The predicted molar refractivity (Wildman–Crippen MR) is 88.3 cm³/mol. The molecule has 0 bridgehead atoms. The number of hydrogen-bond donors (Lipinski definition) is 0. The number of pyridine rings is 1. The molecule has 0 aliphatic carbocycles. The van der Waals surface area contributed by atoms with E-state index in [0.29, 0.717) is 0 Å². The third-order valence-corrected chi connectivity index (χ3v) is 3.90. The van der Waals surface area contributed by atoms with Crippen LogP contribution < -0.4 is 0 Å². The normalized spacial score (nSPS) is 10.6. The van der Waals surface area contributed by atoms with Gasteiger partial charge in [0.1, 0.15) is 0 Å². The van der Waals surface area contributed by atoms with Gasteiger partial charge in [0.2, 0.25) is 0 Å². The van der Waals surface area contributed by atoms with Crippen LogP contribution in [0.3, 0.4) is 0 Å². The van der Waals surface area contributed by atoms with Crippen LogP contribution in [0.4, 0.5) is 0 Å². The van der Waals surface area contributed by atoms with Crippen LogP contribution in [0.1, 0.15) is 5.56 Å². The van der Waals surface area contributed by atoms with Crippen molar-refractivity contribution in [1.82, 2.24) is 4.98 Å². The van der Waals surface area contributed by atoms with E-state index in [2.05, 4.69) is 67.6 Å².